The van der Waals surface area contributed by atoms with E-state index in [1.165, 1.54) is 6.33 Å². The second kappa shape index (κ2) is 8.49. The summed E-state index contributed by atoms with van der Waals surface area (Å²) in [5.41, 5.74) is 7.30. The number of aromatic nitrogens is 6. The van der Waals surface area contributed by atoms with Crippen molar-refractivity contribution in [3.05, 3.63) is 35.9 Å². The highest BCUT2D eigenvalue weighted by Crippen LogP contribution is 2.40. The van der Waals surface area contributed by atoms with Gasteiger partial charge in [0.15, 0.2) is 5.82 Å². The number of hydrogen-bond donors (Lipinski definition) is 3. The summed E-state index contributed by atoms with van der Waals surface area (Å²) in [5, 5.41) is 7.27. The van der Waals surface area contributed by atoms with Crippen LogP contribution in [0.3, 0.4) is 0 Å². The third-order valence-electron chi connectivity index (χ3n) is 4.49. The van der Waals surface area contributed by atoms with Crippen molar-refractivity contribution >= 4 is 48.5 Å². The summed E-state index contributed by atoms with van der Waals surface area (Å²) in [7, 11) is 5.05. The van der Waals surface area contributed by atoms with E-state index in [1.807, 2.05) is 21.2 Å². The predicted molar refractivity (Wildman–Crippen MR) is 120 cm³/mol. The molecule has 10 nitrogen and oxygen atoms in total. The van der Waals surface area contributed by atoms with Gasteiger partial charge in [0.1, 0.15) is 23.7 Å². The predicted octanol–water partition coefficient (Wildman–Crippen LogP) is 2.27. The van der Waals surface area contributed by atoms with Crippen LogP contribution in [-0.4, -0.2) is 42.7 Å². The average molecular weight is 526 g/mol. The second-order valence-electron chi connectivity index (χ2n) is 6.71. The number of carbonyl (C=O) groups excluding carboxylic acids is 1. The minimum Gasteiger partial charge on any atom is -0.481 e. The largest absolute Gasteiger partial charge is 0.481 e. The minimum absolute atomic E-state index is 0.164. The Morgan fingerprint density at radius 1 is 1.28 bits per heavy atom. The molecule has 0 aromatic carbocycles. The maximum atomic E-state index is 12.2. The van der Waals surface area contributed by atoms with Crippen molar-refractivity contribution < 1.29 is 9.53 Å². The van der Waals surface area contributed by atoms with Gasteiger partial charge < -0.3 is 15.8 Å². The molecule has 0 bridgehead atoms. The Morgan fingerprint density at radius 2 is 1.97 bits per heavy atom. The highest BCUT2D eigenvalue weighted by Gasteiger charge is 2.42. The van der Waals surface area contributed by atoms with Crippen LogP contribution in [0.25, 0.3) is 11.5 Å². The fourth-order valence-electron chi connectivity index (χ4n) is 3.05. The number of methoxy groups -OCH3 is 1. The minimum atomic E-state index is -0.775. The summed E-state index contributed by atoms with van der Waals surface area (Å²) in [5.74, 6) is 1.34. The first-order chi connectivity index (χ1) is 13.9. The van der Waals surface area contributed by atoms with Crippen molar-refractivity contribution in [1.82, 2.24) is 29.7 Å². The number of halogens is 1. The molecule has 1 amide bonds. The van der Waals surface area contributed by atoms with Crippen LogP contribution in [0.2, 0.25) is 0 Å². The van der Waals surface area contributed by atoms with E-state index < -0.39 is 5.41 Å². The number of nitrogens with zero attached hydrogens (tertiary/aromatic N) is 6. The van der Waals surface area contributed by atoms with Crippen LogP contribution < -0.4 is 15.8 Å². The zero-order chi connectivity index (χ0) is 21.2. The SMILES string of the molecule is COc1cc(-c2nc(N)c3c(n2)NC(=O)C3(C)C)nn1Cc1cncnc1.SI. The number of nitrogens with one attached hydrogen (secondary N) is 1. The van der Waals surface area contributed by atoms with Crippen LogP contribution in [0, 0.1) is 0 Å². The number of rotatable bonds is 4. The second-order valence-corrected chi connectivity index (χ2v) is 6.71. The molecule has 0 aliphatic carbocycles. The molecule has 0 unspecified atom stereocenters. The van der Waals surface area contributed by atoms with Gasteiger partial charge in [0.25, 0.3) is 0 Å². The van der Waals surface area contributed by atoms with Crippen LogP contribution in [0.4, 0.5) is 11.6 Å². The quantitative estimate of drug-likeness (QED) is 0.348. The monoisotopic (exact) mass is 526 g/mol. The number of anilines is 2. The first-order valence-electron chi connectivity index (χ1n) is 8.42. The smallest absolute Gasteiger partial charge is 0.235 e. The van der Waals surface area contributed by atoms with Gasteiger partial charge in [-0.05, 0) is 35.1 Å². The lowest BCUT2D eigenvalue weighted by Gasteiger charge is -2.15. The molecule has 3 aromatic heterocycles. The molecule has 0 saturated carbocycles. The molecule has 152 valence electrons. The first-order valence-corrected chi connectivity index (χ1v) is 11.7. The molecule has 3 N–H and O–H groups in total. The highest BCUT2D eigenvalue weighted by atomic mass is 127. The number of ether oxygens (including phenoxy) is 1. The Kier molecular flexibility index (Phi) is 6.21. The van der Waals surface area contributed by atoms with E-state index in [4.69, 9.17) is 10.5 Å². The van der Waals surface area contributed by atoms with Crippen molar-refractivity contribution in [3.63, 3.8) is 0 Å². The van der Waals surface area contributed by atoms with Crippen molar-refractivity contribution in [2.45, 2.75) is 25.8 Å². The van der Waals surface area contributed by atoms with Gasteiger partial charge in [0.05, 0.1) is 24.6 Å². The number of amides is 1. The molecule has 0 atom stereocenters. The first kappa shape index (κ1) is 21.2. The van der Waals surface area contributed by atoms with Gasteiger partial charge in [-0.15, -0.1) is 9.80 Å². The average Bonchev–Trinajstić information content (AvgIpc) is 3.22. The number of nitrogens with two attached hydrogens (primary N) is 1. The van der Waals surface area contributed by atoms with Gasteiger partial charge in [0.2, 0.25) is 11.8 Å². The molecule has 0 saturated heterocycles. The van der Waals surface area contributed by atoms with Crippen LogP contribution in [0.1, 0.15) is 25.0 Å². The zero-order valence-corrected chi connectivity index (χ0v) is 19.0. The summed E-state index contributed by atoms with van der Waals surface area (Å²) in [6, 6.07) is 1.72. The van der Waals surface area contributed by atoms with E-state index in [2.05, 4.69) is 40.2 Å². The zero-order valence-electron chi connectivity index (χ0n) is 15.9. The van der Waals surface area contributed by atoms with Crippen molar-refractivity contribution in [2.75, 3.05) is 18.2 Å². The van der Waals surface area contributed by atoms with E-state index in [9.17, 15) is 4.79 Å². The van der Waals surface area contributed by atoms with Crippen molar-refractivity contribution in [2.24, 2.45) is 0 Å². The molecular formula is C17H19IN8O2S. The van der Waals surface area contributed by atoms with E-state index in [1.54, 1.807) is 44.1 Å². The molecule has 0 spiro atoms. The van der Waals surface area contributed by atoms with E-state index >= 15 is 0 Å². The van der Waals surface area contributed by atoms with Gasteiger partial charge in [-0.25, -0.2) is 24.6 Å². The van der Waals surface area contributed by atoms with E-state index in [0.717, 1.165) is 5.56 Å². The van der Waals surface area contributed by atoms with Crippen LogP contribution in [0.5, 0.6) is 5.88 Å². The normalized spacial score (nSPS) is 13.9. The Hall–Kier alpha value is -2.48. The lowest BCUT2D eigenvalue weighted by molar-refractivity contribution is -0.119. The maximum Gasteiger partial charge on any atom is 0.235 e. The van der Waals surface area contributed by atoms with Gasteiger partial charge in [-0.3, -0.25) is 4.79 Å². The Bertz CT molecular complexity index is 1040. The molecule has 1 aliphatic heterocycles. The number of fused-ring (bicyclic) bond motifs is 1. The number of thiol groups is 1. The topological polar surface area (TPSA) is 134 Å². The molecule has 1 aliphatic rings. The van der Waals surface area contributed by atoms with E-state index in [0.29, 0.717) is 35.3 Å². The molecule has 4 rings (SSSR count). The summed E-state index contributed by atoms with van der Waals surface area (Å²) >= 11 is 1.84. The third-order valence-corrected chi connectivity index (χ3v) is 4.49. The lowest BCUT2D eigenvalue weighted by atomic mass is 9.87. The summed E-state index contributed by atoms with van der Waals surface area (Å²) in [4.78, 5) is 29.0. The van der Waals surface area contributed by atoms with Crippen LogP contribution >= 0.6 is 31.0 Å². The fraction of sp³-hybridized carbons (Fsp3) is 0.294. The van der Waals surface area contributed by atoms with Gasteiger partial charge in [-0.1, -0.05) is 0 Å². The maximum absolute atomic E-state index is 12.2. The van der Waals surface area contributed by atoms with Crippen molar-refractivity contribution in [1.29, 1.82) is 0 Å². The summed E-state index contributed by atoms with van der Waals surface area (Å²) < 4.78 is 7.05. The molecule has 4 heterocycles. The molecular weight excluding hydrogens is 507 g/mol. The van der Waals surface area contributed by atoms with Crippen LogP contribution in [0.15, 0.2) is 24.8 Å². The molecule has 12 heteroatoms. The van der Waals surface area contributed by atoms with Gasteiger partial charge in [-0.2, -0.15) is 5.10 Å². The van der Waals surface area contributed by atoms with Crippen molar-refractivity contribution in [3.8, 4) is 17.4 Å². The van der Waals surface area contributed by atoms with E-state index in [-0.39, 0.29) is 11.7 Å². The van der Waals surface area contributed by atoms with Gasteiger partial charge in [0, 0.05) is 24.0 Å². The lowest BCUT2D eigenvalue weighted by Crippen LogP contribution is -2.27. The summed E-state index contributed by atoms with van der Waals surface area (Å²) in [6.07, 6.45) is 4.87. The van der Waals surface area contributed by atoms with Crippen LogP contribution in [-0.2, 0) is 16.8 Å². The van der Waals surface area contributed by atoms with Gasteiger partial charge >= 0.3 is 0 Å². The molecule has 0 radical (unpaired) electrons. The molecule has 29 heavy (non-hydrogen) atoms. The summed E-state index contributed by atoms with van der Waals surface area (Å²) in [6.45, 7) is 3.99. The highest BCUT2D eigenvalue weighted by molar-refractivity contribution is 14.2. The third kappa shape index (κ3) is 3.99. The number of carbonyl (C=O) groups is 1. The fourth-order valence-corrected chi connectivity index (χ4v) is 3.05. The Balaban J connectivity index is 0.00000117. The number of hydrogen-bond acceptors (Lipinski definition) is 9. The molecule has 0 fully saturated rings. The molecule has 3 aromatic rings. The Labute approximate surface area is 184 Å². The Morgan fingerprint density at radius 3 is 2.62 bits per heavy atom. The standard InChI is InChI=1S/C17H18N8O2.HIS/c1-17(2)12-13(18)21-14(22-15(12)23-16(17)26)10-4-11(27-3)25(24-10)7-9-5-19-8-20-6-9;1-2/h4-6,8H,7H2,1-3H3,(H3,18,21,22,23,26);2H. The number of nitrogen functional groups attached to an aromatic ring is 1.